The van der Waals surface area contributed by atoms with Crippen LogP contribution in [0.1, 0.15) is 41.1 Å². The van der Waals surface area contributed by atoms with Crippen LogP contribution in [0, 0.1) is 5.92 Å². The molecule has 0 amide bonds. The largest absolute Gasteiger partial charge is 0.481 e. The first-order valence-corrected chi connectivity index (χ1v) is 10.6. The van der Waals surface area contributed by atoms with E-state index in [9.17, 15) is 4.79 Å². The first kappa shape index (κ1) is 19.3. The molecule has 0 radical (unpaired) electrons. The molecule has 0 spiro atoms. The van der Waals surface area contributed by atoms with Crippen LogP contribution in [0.3, 0.4) is 0 Å². The van der Waals surface area contributed by atoms with Crippen molar-refractivity contribution in [3.63, 3.8) is 0 Å². The lowest BCUT2D eigenvalue weighted by Gasteiger charge is -2.37. The fourth-order valence-electron chi connectivity index (χ4n) is 4.76. The van der Waals surface area contributed by atoms with E-state index < -0.39 is 11.5 Å². The molecule has 31 heavy (non-hydrogen) atoms. The third-order valence-corrected chi connectivity index (χ3v) is 6.30. The van der Waals surface area contributed by atoms with Gasteiger partial charge in [-0.05, 0) is 29.0 Å². The number of carboxylic acids is 1. The Morgan fingerprint density at radius 1 is 0.871 bits per heavy atom. The molecule has 2 atom stereocenters. The van der Waals surface area contributed by atoms with Gasteiger partial charge in [0.15, 0.2) is 0 Å². The van der Waals surface area contributed by atoms with E-state index >= 15 is 0 Å². The molecule has 4 aromatic rings. The highest BCUT2D eigenvalue weighted by molar-refractivity contribution is 5.67. The molecule has 1 aliphatic rings. The summed E-state index contributed by atoms with van der Waals surface area (Å²) in [5.41, 5.74) is 3.84. The van der Waals surface area contributed by atoms with Gasteiger partial charge in [0.2, 0.25) is 0 Å². The minimum atomic E-state index is -0.737. The van der Waals surface area contributed by atoms with Crippen molar-refractivity contribution in [3.05, 3.63) is 126 Å². The zero-order valence-electron chi connectivity index (χ0n) is 17.1. The number of hydrogen-bond donors (Lipinski definition) is 1. The lowest BCUT2D eigenvalue weighted by molar-refractivity contribution is -0.137. The van der Waals surface area contributed by atoms with Crippen molar-refractivity contribution in [3.8, 4) is 0 Å². The maximum atomic E-state index is 11.1. The number of nitrogens with zero attached hydrogens (tertiary/aromatic N) is 2. The van der Waals surface area contributed by atoms with Crippen LogP contribution >= 0.6 is 0 Å². The van der Waals surface area contributed by atoms with E-state index in [0.29, 0.717) is 0 Å². The zero-order chi connectivity index (χ0) is 21.3. The van der Waals surface area contributed by atoms with Gasteiger partial charge in [-0.15, -0.1) is 0 Å². The second kappa shape index (κ2) is 7.88. The number of imidazole rings is 1. The molecule has 3 aromatic carbocycles. The third-order valence-electron chi connectivity index (χ3n) is 6.30. The van der Waals surface area contributed by atoms with Gasteiger partial charge < -0.3 is 9.67 Å². The smallest absolute Gasteiger partial charge is 0.303 e. The second-order valence-corrected chi connectivity index (χ2v) is 8.21. The van der Waals surface area contributed by atoms with Gasteiger partial charge >= 0.3 is 5.97 Å². The number of aromatic nitrogens is 2. The lowest BCUT2D eigenvalue weighted by Crippen LogP contribution is -2.36. The fraction of sp³-hybridized carbons (Fsp3) is 0.185. The van der Waals surface area contributed by atoms with Gasteiger partial charge in [0.05, 0.1) is 12.0 Å². The first-order chi connectivity index (χ1) is 15.2. The molecule has 0 aliphatic heterocycles. The Labute approximate surface area is 181 Å². The summed E-state index contributed by atoms with van der Waals surface area (Å²) in [5, 5.41) is 9.14. The van der Waals surface area contributed by atoms with Gasteiger partial charge in [-0.25, -0.2) is 4.98 Å². The number of aliphatic carboxylic acids is 1. The molecule has 0 unspecified atom stereocenters. The summed E-state index contributed by atoms with van der Waals surface area (Å²) in [6.07, 6.45) is 5.11. The molecule has 1 aromatic heterocycles. The van der Waals surface area contributed by atoms with E-state index in [1.807, 2.05) is 24.5 Å². The Morgan fingerprint density at radius 2 is 1.35 bits per heavy atom. The van der Waals surface area contributed by atoms with Crippen molar-refractivity contribution in [1.29, 1.82) is 0 Å². The van der Waals surface area contributed by atoms with Gasteiger partial charge in [-0.2, -0.15) is 0 Å². The number of carboxylic acid groups (broad SMARTS) is 1. The molecule has 1 N–H and O–H groups in total. The molecule has 1 fully saturated rings. The van der Waals surface area contributed by atoms with Crippen LogP contribution in [0.4, 0.5) is 0 Å². The summed E-state index contributed by atoms with van der Waals surface area (Å²) in [7, 11) is 0. The number of carbonyl (C=O) groups is 1. The van der Waals surface area contributed by atoms with Crippen molar-refractivity contribution in [2.24, 2.45) is 5.92 Å². The highest BCUT2D eigenvalue weighted by Gasteiger charge is 2.43. The third kappa shape index (κ3) is 3.44. The van der Waals surface area contributed by atoms with Gasteiger partial charge in [0.1, 0.15) is 5.54 Å². The van der Waals surface area contributed by atoms with Crippen LogP contribution in [0.25, 0.3) is 0 Å². The van der Waals surface area contributed by atoms with Crippen molar-refractivity contribution in [1.82, 2.24) is 9.55 Å². The van der Waals surface area contributed by atoms with Crippen LogP contribution < -0.4 is 0 Å². The van der Waals surface area contributed by atoms with Gasteiger partial charge in [-0.1, -0.05) is 91.0 Å². The van der Waals surface area contributed by atoms with Gasteiger partial charge in [0, 0.05) is 18.5 Å². The van der Waals surface area contributed by atoms with Crippen LogP contribution in [0.2, 0.25) is 0 Å². The molecule has 1 saturated carbocycles. The predicted octanol–water partition coefficient (Wildman–Crippen LogP) is 5.30. The standard InChI is InChI=1S/C27H24N2O2/c30-26(31)17-20-16-24(20)25-18-29(19-28-25)27(21-10-4-1-5-11-21,22-12-6-2-7-13-22)23-14-8-3-9-15-23/h1-15,18-20,24H,16-17H2,(H,30,31)/t20-,24+/m0/s1. The summed E-state index contributed by atoms with van der Waals surface area (Å²) < 4.78 is 2.19. The van der Waals surface area contributed by atoms with E-state index in [-0.39, 0.29) is 18.3 Å². The van der Waals surface area contributed by atoms with Crippen LogP contribution in [0.15, 0.2) is 104 Å². The van der Waals surface area contributed by atoms with E-state index in [2.05, 4.69) is 83.6 Å². The van der Waals surface area contributed by atoms with Crippen LogP contribution in [0.5, 0.6) is 0 Å². The van der Waals surface area contributed by atoms with Crippen molar-refractivity contribution in [2.75, 3.05) is 0 Å². The molecule has 0 saturated heterocycles. The highest BCUT2D eigenvalue weighted by Crippen LogP contribution is 2.50. The second-order valence-electron chi connectivity index (χ2n) is 8.21. The average molecular weight is 409 g/mol. The Kier molecular flexibility index (Phi) is 4.91. The molecule has 154 valence electrons. The lowest BCUT2D eigenvalue weighted by atomic mass is 9.77. The molecular weight excluding hydrogens is 384 g/mol. The Hall–Kier alpha value is -3.66. The van der Waals surface area contributed by atoms with E-state index in [4.69, 9.17) is 10.1 Å². The topological polar surface area (TPSA) is 55.1 Å². The molecular formula is C27H24N2O2. The van der Waals surface area contributed by atoms with Crippen molar-refractivity contribution in [2.45, 2.75) is 24.3 Å². The monoisotopic (exact) mass is 408 g/mol. The summed E-state index contributed by atoms with van der Waals surface area (Å²) >= 11 is 0. The quantitative estimate of drug-likeness (QED) is 0.422. The molecule has 4 nitrogen and oxygen atoms in total. The number of benzene rings is 3. The molecule has 1 aliphatic carbocycles. The Balaban J connectivity index is 1.69. The summed E-state index contributed by atoms with van der Waals surface area (Å²) in [5.74, 6) is -0.336. The molecule has 0 bridgehead atoms. The normalized spacial score (nSPS) is 17.9. The zero-order valence-corrected chi connectivity index (χ0v) is 17.1. The van der Waals surface area contributed by atoms with E-state index in [1.54, 1.807) is 0 Å². The molecule has 5 rings (SSSR count). The summed E-state index contributed by atoms with van der Waals surface area (Å²) in [6.45, 7) is 0. The maximum absolute atomic E-state index is 11.1. The van der Waals surface area contributed by atoms with Gasteiger partial charge in [0.25, 0.3) is 0 Å². The fourth-order valence-corrected chi connectivity index (χ4v) is 4.76. The maximum Gasteiger partial charge on any atom is 0.303 e. The van der Waals surface area contributed by atoms with Crippen molar-refractivity contribution >= 4 is 5.97 Å². The van der Waals surface area contributed by atoms with E-state index in [0.717, 1.165) is 28.8 Å². The molecule has 1 heterocycles. The SMILES string of the molecule is O=C(O)C[C@@H]1C[C@H]1c1cn(C(c2ccccc2)(c2ccccc2)c2ccccc2)cn1. The first-order valence-electron chi connectivity index (χ1n) is 10.6. The summed E-state index contributed by atoms with van der Waals surface area (Å²) in [6, 6.07) is 31.4. The highest BCUT2D eigenvalue weighted by atomic mass is 16.4. The Morgan fingerprint density at radius 3 is 1.81 bits per heavy atom. The minimum absolute atomic E-state index is 0.181. The minimum Gasteiger partial charge on any atom is -0.481 e. The summed E-state index contributed by atoms with van der Waals surface area (Å²) in [4.78, 5) is 15.9. The van der Waals surface area contributed by atoms with Gasteiger partial charge in [-0.3, -0.25) is 4.79 Å². The number of hydrogen-bond acceptors (Lipinski definition) is 2. The van der Waals surface area contributed by atoms with Crippen LogP contribution in [-0.2, 0) is 10.3 Å². The van der Waals surface area contributed by atoms with Crippen LogP contribution in [-0.4, -0.2) is 20.6 Å². The van der Waals surface area contributed by atoms with Crippen molar-refractivity contribution < 1.29 is 9.90 Å². The molecule has 4 heteroatoms. The predicted molar refractivity (Wildman–Crippen MR) is 120 cm³/mol. The number of rotatable bonds is 7. The van der Waals surface area contributed by atoms with E-state index in [1.165, 1.54) is 0 Å². The average Bonchev–Trinajstić information content (AvgIpc) is 3.38. The Bertz CT molecular complexity index is 1070.